The fourth-order valence-corrected chi connectivity index (χ4v) is 3.58. The van der Waals surface area contributed by atoms with Crippen molar-refractivity contribution in [2.75, 3.05) is 35.8 Å². The fraction of sp³-hybridized carbons (Fsp3) is 0.385. The number of hydrogen-bond donors (Lipinski definition) is 2. The second-order valence-electron chi connectivity index (χ2n) is 4.99. The minimum absolute atomic E-state index is 0.0870. The van der Waals surface area contributed by atoms with Gasteiger partial charge in [0.15, 0.2) is 0 Å². The maximum Gasteiger partial charge on any atom is 0.333 e. The molecule has 3 rings (SSSR count). The Morgan fingerprint density at radius 3 is 2.95 bits per heavy atom. The summed E-state index contributed by atoms with van der Waals surface area (Å²) in [5, 5.41) is 10.2. The number of carbonyl (C=O) groups excluding carboxylic acids is 2. The number of amides is 2. The molecule has 1 atom stereocenters. The predicted octanol–water partition coefficient (Wildman–Crippen LogP) is -0.138. The molecule has 1 aromatic rings. The minimum Gasteiger partial charge on any atom is -0.363 e. The second kappa shape index (κ2) is 5.11. The van der Waals surface area contributed by atoms with Gasteiger partial charge in [0.25, 0.3) is 0 Å². The summed E-state index contributed by atoms with van der Waals surface area (Å²) < 4.78 is 19.4. The molecule has 0 bridgehead atoms. The molecule has 0 saturated carbocycles. The Hall–Kier alpha value is -1.84. The Morgan fingerprint density at radius 1 is 1.55 bits per heavy atom. The first-order valence-electron chi connectivity index (χ1n) is 6.51. The van der Waals surface area contributed by atoms with E-state index in [4.69, 9.17) is 10.5 Å². The number of nitrogens with zero attached hydrogens (tertiary/aromatic N) is 2. The van der Waals surface area contributed by atoms with E-state index in [0.29, 0.717) is 4.90 Å². The van der Waals surface area contributed by atoms with E-state index in [0.717, 1.165) is 6.07 Å². The van der Waals surface area contributed by atoms with Gasteiger partial charge in [0.05, 0.1) is 18.0 Å². The normalized spacial score (nSPS) is 24.6. The Kier molecular flexibility index (Phi) is 3.50. The molecule has 22 heavy (non-hydrogen) atoms. The summed E-state index contributed by atoms with van der Waals surface area (Å²) in [6.45, 7) is 0.279. The van der Waals surface area contributed by atoms with Gasteiger partial charge in [0.1, 0.15) is 5.82 Å². The minimum atomic E-state index is -2.29. The molecule has 2 amide bonds. The summed E-state index contributed by atoms with van der Waals surface area (Å²) in [5.74, 6) is -3.97. The highest BCUT2D eigenvalue weighted by atomic mass is 32.2. The Bertz CT molecular complexity index is 671. The zero-order chi connectivity index (χ0) is 16.1. The van der Waals surface area contributed by atoms with Crippen molar-refractivity contribution in [3.8, 4) is 0 Å². The topological polar surface area (TPSA) is 96.1 Å². The van der Waals surface area contributed by atoms with Gasteiger partial charge in [0, 0.05) is 24.2 Å². The van der Waals surface area contributed by atoms with Crippen LogP contribution in [0, 0.1) is 5.82 Å². The molecular formula is C13H14FN3O4S. The first-order chi connectivity index (χ1) is 10.3. The lowest BCUT2D eigenvalue weighted by molar-refractivity contribution is -0.184. The Morgan fingerprint density at radius 2 is 2.27 bits per heavy atom. The highest BCUT2D eigenvalue weighted by Gasteiger charge is 2.47. The standard InChI is InChI=1S/C13H14FN3O4S/c1-16-10(18)6-22-9-5-7(4-8(14)11(9)16)17-2-3-21-13(17,20)12(15)19/h4-5,20H,2-3,6H2,1H3,(H2,15,19)/t13-/m0/s1. The number of primary amides is 1. The largest absolute Gasteiger partial charge is 0.363 e. The van der Waals surface area contributed by atoms with E-state index in [2.05, 4.69) is 0 Å². The van der Waals surface area contributed by atoms with E-state index >= 15 is 0 Å². The van der Waals surface area contributed by atoms with Crippen LogP contribution in [-0.2, 0) is 14.3 Å². The molecule has 3 N–H and O–H groups in total. The number of fused-ring (bicyclic) bond motifs is 1. The molecule has 2 heterocycles. The summed E-state index contributed by atoms with van der Waals surface area (Å²) in [4.78, 5) is 26.1. The highest BCUT2D eigenvalue weighted by molar-refractivity contribution is 8.00. The molecule has 9 heteroatoms. The predicted molar refractivity (Wildman–Crippen MR) is 78.0 cm³/mol. The Labute approximate surface area is 129 Å². The molecule has 0 aliphatic carbocycles. The summed E-state index contributed by atoms with van der Waals surface area (Å²) >= 11 is 1.20. The van der Waals surface area contributed by atoms with Gasteiger partial charge in [-0.15, -0.1) is 11.8 Å². The summed E-state index contributed by atoms with van der Waals surface area (Å²) in [6.07, 6.45) is 0. The van der Waals surface area contributed by atoms with Crippen molar-refractivity contribution in [1.29, 1.82) is 0 Å². The van der Waals surface area contributed by atoms with E-state index in [1.54, 1.807) is 6.07 Å². The number of hydrogen-bond acceptors (Lipinski definition) is 6. The van der Waals surface area contributed by atoms with Crippen molar-refractivity contribution < 1.29 is 23.8 Å². The zero-order valence-electron chi connectivity index (χ0n) is 11.7. The molecule has 1 saturated heterocycles. The smallest absolute Gasteiger partial charge is 0.333 e. The van der Waals surface area contributed by atoms with Crippen LogP contribution in [0.1, 0.15) is 0 Å². The molecule has 0 radical (unpaired) electrons. The number of rotatable bonds is 2. The van der Waals surface area contributed by atoms with Gasteiger partial charge in [-0.25, -0.2) is 4.39 Å². The van der Waals surface area contributed by atoms with Gasteiger partial charge >= 0.3 is 11.8 Å². The van der Waals surface area contributed by atoms with E-state index in [1.165, 1.54) is 28.6 Å². The average molecular weight is 327 g/mol. The molecule has 0 aromatic heterocycles. The van der Waals surface area contributed by atoms with E-state index in [1.807, 2.05) is 0 Å². The van der Waals surface area contributed by atoms with Crippen molar-refractivity contribution in [3.05, 3.63) is 17.9 Å². The van der Waals surface area contributed by atoms with E-state index < -0.39 is 17.6 Å². The molecule has 1 fully saturated rings. The molecule has 0 unspecified atom stereocenters. The van der Waals surface area contributed by atoms with Crippen LogP contribution in [0.15, 0.2) is 17.0 Å². The third-order valence-electron chi connectivity index (χ3n) is 3.69. The maximum absolute atomic E-state index is 14.4. The van der Waals surface area contributed by atoms with Crippen molar-refractivity contribution >= 4 is 35.0 Å². The quantitative estimate of drug-likeness (QED) is 0.785. The second-order valence-corrected chi connectivity index (χ2v) is 6.01. The van der Waals surface area contributed by atoms with Crippen molar-refractivity contribution in [2.45, 2.75) is 10.8 Å². The van der Waals surface area contributed by atoms with Crippen LogP contribution in [0.25, 0.3) is 0 Å². The van der Waals surface area contributed by atoms with Gasteiger partial charge in [-0.05, 0) is 12.1 Å². The third kappa shape index (κ3) is 2.13. The summed E-state index contributed by atoms with van der Waals surface area (Å²) in [6, 6.07) is 2.76. The molecule has 118 valence electrons. The fourth-order valence-electron chi connectivity index (χ4n) is 2.53. The number of ether oxygens (including phenoxy) is 1. The zero-order valence-corrected chi connectivity index (χ0v) is 12.5. The summed E-state index contributed by atoms with van der Waals surface area (Å²) in [7, 11) is 1.50. The highest BCUT2D eigenvalue weighted by Crippen LogP contribution is 2.41. The van der Waals surface area contributed by atoms with Gasteiger partial charge in [-0.2, -0.15) is 0 Å². The molecule has 1 aromatic carbocycles. The van der Waals surface area contributed by atoms with Crippen molar-refractivity contribution in [1.82, 2.24) is 0 Å². The van der Waals surface area contributed by atoms with Crippen LogP contribution in [0.4, 0.5) is 15.8 Å². The maximum atomic E-state index is 14.4. The monoisotopic (exact) mass is 327 g/mol. The number of nitrogens with two attached hydrogens (primary N) is 1. The number of halogens is 1. The van der Waals surface area contributed by atoms with E-state index in [-0.39, 0.29) is 36.2 Å². The SMILES string of the molecule is CN1C(=O)CSc2cc(N3CCO[C@@]3(O)C(N)=O)cc(F)c21. The first-order valence-corrected chi connectivity index (χ1v) is 7.50. The van der Waals surface area contributed by atoms with Gasteiger partial charge in [-0.1, -0.05) is 0 Å². The Balaban J connectivity index is 2.06. The number of thioether (sulfide) groups is 1. The number of carbonyl (C=O) groups is 2. The molecule has 2 aliphatic rings. The average Bonchev–Trinajstić information content (AvgIpc) is 2.86. The first kappa shape index (κ1) is 15.1. The van der Waals surface area contributed by atoms with Crippen LogP contribution in [-0.4, -0.2) is 48.8 Å². The number of aliphatic hydroxyl groups is 1. The number of anilines is 2. The lowest BCUT2D eigenvalue weighted by atomic mass is 10.2. The molecule has 7 nitrogen and oxygen atoms in total. The van der Waals surface area contributed by atoms with Gasteiger partial charge < -0.3 is 25.4 Å². The molecule has 0 spiro atoms. The number of benzene rings is 1. The van der Waals surface area contributed by atoms with Crippen molar-refractivity contribution in [3.63, 3.8) is 0 Å². The van der Waals surface area contributed by atoms with E-state index in [9.17, 15) is 19.1 Å². The summed E-state index contributed by atoms with van der Waals surface area (Å²) in [5.41, 5.74) is 5.62. The van der Waals surface area contributed by atoms with Crippen LogP contribution in [0.3, 0.4) is 0 Å². The van der Waals surface area contributed by atoms with Gasteiger partial charge in [-0.3, -0.25) is 9.59 Å². The van der Waals surface area contributed by atoms with Crippen molar-refractivity contribution in [2.24, 2.45) is 5.73 Å². The molecular weight excluding hydrogens is 313 g/mol. The lowest BCUT2D eigenvalue weighted by Gasteiger charge is -2.32. The third-order valence-corrected chi connectivity index (χ3v) is 4.70. The van der Waals surface area contributed by atoms with Crippen LogP contribution >= 0.6 is 11.8 Å². The van der Waals surface area contributed by atoms with Gasteiger partial charge in [0.2, 0.25) is 5.91 Å². The molecule has 2 aliphatic heterocycles. The van der Waals surface area contributed by atoms with Crippen LogP contribution < -0.4 is 15.5 Å². The van der Waals surface area contributed by atoms with Crippen LogP contribution in [0.5, 0.6) is 0 Å². The lowest BCUT2D eigenvalue weighted by Crippen LogP contribution is -2.55. The van der Waals surface area contributed by atoms with Crippen LogP contribution in [0.2, 0.25) is 0 Å².